The highest BCUT2D eigenvalue weighted by Crippen LogP contribution is 2.48. The third kappa shape index (κ3) is 2.72. The number of piperidine rings is 1. The molecule has 2 atom stereocenters. The number of aromatic hydroxyl groups is 1. The molecule has 0 radical (unpaired) electrons. The van der Waals surface area contributed by atoms with Crippen LogP contribution in [0.3, 0.4) is 0 Å². The van der Waals surface area contributed by atoms with Gasteiger partial charge in [0.05, 0.1) is 10.5 Å². The van der Waals surface area contributed by atoms with Gasteiger partial charge in [-0.05, 0) is 67.7 Å². The third-order valence-electron chi connectivity index (χ3n) is 6.59. The highest BCUT2D eigenvalue weighted by molar-refractivity contribution is 6.35. The molecule has 138 valence electrons. The first-order chi connectivity index (χ1) is 13.0. The first kappa shape index (κ1) is 17.0. The number of hydrogen-bond acceptors (Lipinski definition) is 3. The molecule has 2 heterocycles. The summed E-state index contributed by atoms with van der Waals surface area (Å²) in [6.07, 6.45) is 3.01. The fourth-order valence-electron chi connectivity index (χ4n) is 5.17. The van der Waals surface area contributed by atoms with Crippen molar-refractivity contribution in [1.82, 2.24) is 9.88 Å². The lowest BCUT2D eigenvalue weighted by molar-refractivity contribution is 0.0987. The summed E-state index contributed by atoms with van der Waals surface area (Å²) in [5.74, 6) is 0.865. The van der Waals surface area contributed by atoms with Crippen LogP contribution in [-0.2, 0) is 18.3 Å². The summed E-state index contributed by atoms with van der Waals surface area (Å²) in [6.45, 7) is 2.14. The second-order valence-corrected chi connectivity index (χ2v) is 8.61. The molecular formula is C23H23ClN2O. The Balaban J connectivity index is 1.68. The number of nitrogens with zero attached hydrogens (tertiary/aromatic N) is 2. The molecule has 27 heavy (non-hydrogen) atoms. The van der Waals surface area contributed by atoms with E-state index in [1.807, 2.05) is 24.3 Å². The van der Waals surface area contributed by atoms with Crippen LogP contribution in [0, 0.1) is 5.92 Å². The van der Waals surface area contributed by atoms with Crippen LogP contribution in [0.2, 0.25) is 5.02 Å². The normalized spacial score (nSPS) is 25.2. The predicted octanol–water partition coefficient (Wildman–Crippen LogP) is 4.58. The molecule has 3 aromatic rings. The highest BCUT2D eigenvalue weighted by atomic mass is 35.5. The van der Waals surface area contributed by atoms with E-state index in [0.29, 0.717) is 16.7 Å². The largest absolute Gasteiger partial charge is 0.508 e. The molecule has 1 fully saturated rings. The molecule has 1 saturated heterocycles. The van der Waals surface area contributed by atoms with Crippen molar-refractivity contribution in [2.24, 2.45) is 5.92 Å². The van der Waals surface area contributed by atoms with Crippen molar-refractivity contribution in [2.45, 2.75) is 24.7 Å². The van der Waals surface area contributed by atoms with Gasteiger partial charge in [0.1, 0.15) is 5.75 Å². The molecular weight excluding hydrogens is 356 g/mol. The van der Waals surface area contributed by atoms with E-state index in [1.54, 1.807) is 6.07 Å². The van der Waals surface area contributed by atoms with Gasteiger partial charge in [-0.3, -0.25) is 4.98 Å². The number of likely N-dealkylation sites (tertiary alicyclic amines) is 1. The van der Waals surface area contributed by atoms with Crippen molar-refractivity contribution in [1.29, 1.82) is 0 Å². The molecule has 1 aliphatic heterocycles. The van der Waals surface area contributed by atoms with Gasteiger partial charge in [0.15, 0.2) is 0 Å². The van der Waals surface area contributed by atoms with E-state index in [2.05, 4.69) is 30.1 Å². The summed E-state index contributed by atoms with van der Waals surface area (Å²) >= 11 is 6.43. The summed E-state index contributed by atoms with van der Waals surface area (Å²) in [6, 6.07) is 16.1. The minimum atomic E-state index is 0.0280. The highest BCUT2D eigenvalue weighted by Gasteiger charge is 2.47. The second kappa shape index (κ2) is 6.22. The molecule has 1 aliphatic carbocycles. The van der Waals surface area contributed by atoms with Crippen molar-refractivity contribution < 1.29 is 5.11 Å². The number of hydrogen-bond donors (Lipinski definition) is 1. The predicted molar refractivity (Wildman–Crippen MR) is 110 cm³/mol. The Morgan fingerprint density at radius 3 is 2.89 bits per heavy atom. The first-order valence-electron chi connectivity index (χ1n) is 9.60. The number of para-hydroxylation sites is 1. The number of pyridine rings is 1. The summed E-state index contributed by atoms with van der Waals surface area (Å²) < 4.78 is 0. The average molecular weight is 379 g/mol. The average Bonchev–Trinajstić information content (AvgIpc) is 2.65. The van der Waals surface area contributed by atoms with E-state index in [0.717, 1.165) is 43.3 Å². The molecule has 2 aliphatic rings. The number of halogens is 1. The number of fused-ring (bicyclic) bond motifs is 3. The Morgan fingerprint density at radius 1 is 1.19 bits per heavy atom. The molecule has 0 unspecified atom stereocenters. The maximum Gasteiger partial charge on any atom is 0.115 e. The number of rotatable bonds is 1. The summed E-state index contributed by atoms with van der Waals surface area (Å²) in [7, 11) is 2.21. The van der Waals surface area contributed by atoms with Crippen LogP contribution in [0.4, 0.5) is 0 Å². The molecule has 4 heteroatoms. The Morgan fingerprint density at radius 2 is 2.04 bits per heavy atom. The standard InChI is InChI=1S/C23H23ClN2O/c1-26-9-8-23(17-5-3-6-19(27)12-17)13-21-16(11-18(23)14-26)10-15-4-2-7-20(24)22(15)25-21/h2-7,10,12,18,27H,8-9,11,13-14H2,1H3/t18-,23-/m0/s1. The van der Waals surface area contributed by atoms with Crippen LogP contribution in [0.5, 0.6) is 5.75 Å². The zero-order chi connectivity index (χ0) is 18.6. The number of aromatic nitrogens is 1. The van der Waals surface area contributed by atoms with Crippen molar-refractivity contribution >= 4 is 22.5 Å². The lowest BCUT2D eigenvalue weighted by atomic mass is 9.58. The fourth-order valence-corrected chi connectivity index (χ4v) is 5.39. The van der Waals surface area contributed by atoms with Gasteiger partial charge in [-0.15, -0.1) is 0 Å². The number of phenols is 1. The number of phenolic OH excluding ortho intramolecular Hbond substituents is 1. The topological polar surface area (TPSA) is 36.4 Å². The summed E-state index contributed by atoms with van der Waals surface area (Å²) in [4.78, 5) is 7.44. The van der Waals surface area contributed by atoms with Crippen LogP contribution in [0.25, 0.3) is 10.9 Å². The van der Waals surface area contributed by atoms with Gasteiger partial charge in [-0.2, -0.15) is 0 Å². The first-order valence-corrected chi connectivity index (χ1v) is 9.98. The van der Waals surface area contributed by atoms with Gasteiger partial charge >= 0.3 is 0 Å². The van der Waals surface area contributed by atoms with E-state index in [9.17, 15) is 5.11 Å². The Bertz CT molecular complexity index is 1030. The molecule has 1 N–H and O–H groups in total. The lowest BCUT2D eigenvalue weighted by Gasteiger charge is -2.50. The van der Waals surface area contributed by atoms with Gasteiger partial charge in [0, 0.05) is 29.5 Å². The van der Waals surface area contributed by atoms with Gasteiger partial charge in [0.25, 0.3) is 0 Å². The molecule has 0 spiro atoms. The minimum Gasteiger partial charge on any atom is -0.508 e. The summed E-state index contributed by atoms with van der Waals surface area (Å²) in [5.41, 5.74) is 4.68. The monoisotopic (exact) mass is 378 g/mol. The summed E-state index contributed by atoms with van der Waals surface area (Å²) in [5, 5.41) is 11.9. The van der Waals surface area contributed by atoms with E-state index >= 15 is 0 Å². The van der Waals surface area contributed by atoms with Crippen molar-refractivity contribution in [3.05, 3.63) is 70.4 Å². The van der Waals surface area contributed by atoms with E-state index in [-0.39, 0.29) is 5.41 Å². The minimum absolute atomic E-state index is 0.0280. The van der Waals surface area contributed by atoms with E-state index < -0.39 is 0 Å². The Kier molecular flexibility index (Phi) is 3.92. The maximum absolute atomic E-state index is 10.1. The van der Waals surface area contributed by atoms with Crippen molar-refractivity contribution in [2.75, 3.05) is 20.1 Å². The zero-order valence-corrected chi connectivity index (χ0v) is 16.2. The number of benzene rings is 2. The van der Waals surface area contributed by atoms with Crippen LogP contribution in [0.1, 0.15) is 23.2 Å². The Hall–Kier alpha value is -2.10. The van der Waals surface area contributed by atoms with Gasteiger partial charge in [0.2, 0.25) is 0 Å². The van der Waals surface area contributed by atoms with Crippen LogP contribution in [-0.4, -0.2) is 35.1 Å². The molecule has 0 bridgehead atoms. The molecule has 0 amide bonds. The SMILES string of the molecule is CN1CC[C@@]2(c3cccc(O)c3)Cc3nc4c(Cl)cccc4cc3C[C@H]2C1. The van der Waals surface area contributed by atoms with Gasteiger partial charge in [-0.25, -0.2) is 0 Å². The fraction of sp³-hybridized carbons (Fsp3) is 0.348. The second-order valence-electron chi connectivity index (χ2n) is 8.20. The lowest BCUT2D eigenvalue weighted by Crippen LogP contribution is -2.53. The molecule has 0 saturated carbocycles. The van der Waals surface area contributed by atoms with Crippen LogP contribution < -0.4 is 0 Å². The third-order valence-corrected chi connectivity index (χ3v) is 6.89. The molecule has 1 aromatic heterocycles. The van der Waals surface area contributed by atoms with Crippen molar-refractivity contribution in [3.63, 3.8) is 0 Å². The van der Waals surface area contributed by atoms with E-state index in [4.69, 9.17) is 16.6 Å². The van der Waals surface area contributed by atoms with Crippen molar-refractivity contribution in [3.8, 4) is 5.75 Å². The van der Waals surface area contributed by atoms with E-state index in [1.165, 1.54) is 16.8 Å². The van der Waals surface area contributed by atoms with Gasteiger partial charge < -0.3 is 10.0 Å². The zero-order valence-electron chi connectivity index (χ0n) is 15.5. The molecule has 5 rings (SSSR count). The smallest absolute Gasteiger partial charge is 0.115 e. The maximum atomic E-state index is 10.1. The molecule has 3 nitrogen and oxygen atoms in total. The quantitative estimate of drug-likeness (QED) is 0.673. The Labute approximate surface area is 164 Å². The van der Waals surface area contributed by atoms with Crippen LogP contribution >= 0.6 is 11.6 Å². The van der Waals surface area contributed by atoms with Gasteiger partial charge in [-0.1, -0.05) is 35.9 Å². The van der Waals surface area contributed by atoms with Crippen LogP contribution in [0.15, 0.2) is 48.5 Å². The molecule has 2 aromatic carbocycles.